The summed E-state index contributed by atoms with van der Waals surface area (Å²) in [5.74, 6) is -0.165. The number of amides is 1. The number of fused-ring (bicyclic) bond motifs is 1. The molecule has 0 spiro atoms. The van der Waals surface area contributed by atoms with E-state index < -0.39 is 0 Å². The van der Waals surface area contributed by atoms with Crippen LogP contribution in [0.15, 0.2) is 53.0 Å². The highest BCUT2D eigenvalue weighted by atomic mass is 79.9. The van der Waals surface area contributed by atoms with E-state index in [1.54, 1.807) is 7.11 Å². The molecule has 0 unspecified atom stereocenters. The highest BCUT2D eigenvalue weighted by Gasteiger charge is 2.25. The van der Waals surface area contributed by atoms with E-state index in [4.69, 9.17) is 9.84 Å². The van der Waals surface area contributed by atoms with Gasteiger partial charge in [-0.1, -0.05) is 34.1 Å². The summed E-state index contributed by atoms with van der Waals surface area (Å²) in [6, 6.07) is 15.7. The predicted octanol–water partition coefficient (Wildman–Crippen LogP) is 4.91. The third-order valence-electron chi connectivity index (χ3n) is 4.94. The van der Waals surface area contributed by atoms with Gasteiger partial charge in [0.2, 0.25) is 0 Å². The van der Waals surface area contributed by atoms with E-state index in [1.807, 2.05) is 53.2 Å². The zero-order valence-electron chi connectivity index (χ0n) is 15.7. The molecule has 4 rings (SSSR count). The number of aromatic nitrogens is 2. The van der Waals surface area contributed by atoms with Gasteiger partial charge in [0.25, 0.3) is 5.91 Å². The molecular weight excluding hydrogens is 418 g/mol. The summed E-state index contributed by atoms with van der Waals surface area (Å²) in [5.41, 5.74) is 5.46. The average molecular weight is 440 g/mol. The molecule has 0 bridgehead atoms. The number of ether oxygens (including phenoxy) is 1. The minimum atomic E-state index is -0.165. The van der Waals surface area contributed by atoms with Gasteiger partial charge in [0, 0.05) is 28.5 Å². The Balaban J connectivity index is 1.68. The number of halogens is 1. The van der Waals surface area contributed by atoms with Gasteiger partial charge < -0.3 is 10.1 Å². The fraction of sp³-hybridized carbons (Fsp3) is 0.273. The lowest BCUT2D eigenvalue weighted by Crippen LogP contribution is -2.15. The van der Waals surface area contributed by atoms with Crippen LogP contribution in [0.1, 0.15) is 40.2 Å². The summed E-state index contributed by atoms with van der Waals surface area (Å²) in [5, 5.41) is 7.72. The lowest BCUT2D eigenvalue weighted by molar-refractivity contribution is 0.102. The highest BCUT2D eigenvalue weighted by Crippen LogP contribution is 2.28. The highest BCUT2D eigenvalue weighted by molar-refractivity contribution is 9.10. The maximum atomic E-state index is 13.0. The second kappa shape index (κ2) is 8.29. The number of hydrogen-bond donors (Lipinski definition) is 1. The van der Waals surface area contributed by atoms with Crippen molar-refractivity contribution in [2.24, 2.45) is 0 Å². The molecule has 5 nitrogen and oxygen atoms in total. The Bertz CT molecular complexity index is 1010. The van der Waals surface area contributed by atoms with Crippen molar-refractivity contribution < 1.29 is 9.53 Å². The SMILES string of the molecule is COCc1cccc(NC(=O)c2nn(-c3cccc(Br)c3)c3c2CCCC3)c1. The quantitative estimate of drug-likeness (QED) is 0.613. The number of rotatable bonds is 5. The summed E-state index contributed by atoms with van der Waals surface area (Å²) in [7, 11) is 1.66. The molecule has 1 heterocycles. The summed E-state index contributed by atoms with van der Waals surface area (Å²) in [6.07, 6.45) is 4.02. The van der Waals surface area contributed by atoms with Crippen molar-refractivity contribution in [3.8, 4) is 5.69 Å². The lowest BCUT2D eigenvalue weighted by atomic mass is 9.95. The van der Waals surface area contributed by atoms with Gasteiger partial charge in [0.15, 0.2) is 5.69 Å². The molecule has 0 fully saturated rings. The van der Waals surface area contributed by atoms with Crippen molar-refractivity contribution in [1.29, 1.82) is 0 Å². The van der Waals surface area contributed by atoms with Crippen LogP contribution in [0, 0.1) is 0 Å². The molecule has 0 radical (unpaired) electrons. The second-order valence-corrected chi connectivity index (χ2v) is 7.88. The van der Waals surface area contributed by atoms with Gasteiger partial charge in [-0.25, -0.2) is 4.68 Å². The lowest BCUT2D eigenvalue weighted by Gasteiger charge is -2.14. The van der Waals surface area contributed by atoms with Crippen LogP contribution in [0.5, 0.6) is 0 Å². The minimum Gasteiger partial charge on any atom is -0.380 e. The van der Waals surface area contributed by atoms with Crippen LogP contribution in [0.3, 0.4) is 0 Å². The smallest absolute Gasteiger partial charge is 0.276 e. The Morgan fingerprint density at radius 3 is 2.82 bits per heavy atom. The maximum Gasteiger partial charge on any atom is 0.276 e. The van der Waals surface area contributed by atoms with Gasteiger partial charge in [-0.3, -0.25) is 4.79 Å². The molecule has 1 N–H and O–H groups in total. The van der Waals surface area contributed by atoms with Gasteiger partial charge in [-0.15, -0.1) is 0 Å². The van der Waals surface area contributed by atoms with E-state index >= 15 is 0 Å². The first kappa shape index (κ1) is 18.9. The van der Waals surface area contributed by atoms with E-state index in [2.05, 4.69) is 21.2 Å². The van der Waals surface area contributed by atoms with Crippen molar-refractivity contribution >= 4 is 27.5 Å². The van der Waals surface area contributed by atoms with Crippen molar-refractivity contribution in [1.82, 2.24) is 9.78 Å². The van der Waals surface area contributed by atoms with E-state index in [1.165, 1.54) is 0 Å². The fourth-order valence-electron chi connectivity index (χ4n) is 3.70. The first-order chi connectivity index (χ1) is 13.7. The van der Waals surface area contributed by atoms with E-state index in [0.717, 1.165) is 58.4 Å². The Morgan fingerprint density at radius 2 is 2.00 bits per heavy atom. The van der Waals surface area contributed by atoms with Gasteiger partial charge in [0.05, 0.1) is 12.3 Å². The van der Waals surface area contributed by atoms with Crippen LogP contribution < -0.4 is 5.32 Å². The predicted molar refractivity (Wildman–Crippen MR) is 113 cm³/mol. The van der Waals surface area contributed by atoms with Gasteiger partial charge in [-0.2, -0.15) is 5.10 Å². The fourth-order valence-corrected chi connectivity index (χ4v) is 4.09. The molecule has 0 atom stereocenters. The van der Waals surface area contributed by atoms with Crippen LogP contribution in [0.4, 0.5) is 5.69 Å². The van der Waals surface area contributed by atoms with Crippen LogP contribution >= 0.6 is 15.9 Å². The van der Waals surface area contributed by atoms with Crippen LogP contribution in [0.25, 0.3) is 5.69 Å². The van der Waals surface area contributed by atoms with E-state index in [9.17, 15) is 4.79 Å². The molecule has 2 aromatic carbocycles. The van der Waals surface area contributed by atoms with Crippen LogP contribution in [-0.2, 0) is 24.2 Å². The Labute approximate surface area is 172 Å². The number of nitrogens with one attached hydrogen (secondary N) is 1. The number of carbonyl (C=O) groups is 1. The molecule has 3 aromatic rings. The number of carbonyl (C=O) groups excluding carboxylic acids is 1. The number of hydrogen-bond acceptors (Lipinski definition) is 3. The van der Waals surface area contributed by atoms with Crippen molar-refractivity contribution in [3.05, 3.63) is 75.5 Å². The van der Waals surface area contributed by atoms with E-state index in [-0.39, 0.29) is 5.91 Å². The molecule has 0 aliphatic heterocycles. The van der Waals surface area contributed by atoms with Crippen LogP contribution in [-0.4, -0.2) is 22.8 Å². The Kier molecular flexibility index (Phi) is 5.59. The molecular formula is C22H22BrN3O2. The molecule has 28 heavy (non-hydrogen) atoms. The summed E-state index contributed by atoms with van der Waals surface area (Å²) >= 11 is 3.52. The van der Waals surface area contributed by atoms with Gasteiger partial charge in [0.1, 0.15) is 0 Å². The van der Waals surface area contributed by atoms with Crippen LogP contribution in [0.2, 0.25) is 0 Å². The number of nitrogens with zero attached hydrogens (tertiary/aromatic N) is 2. The Hall–Kier alpha value is -2.44. The number of benzene rings is 2. The monoisotopic (exact) mass is 439 g/mol. The summed E-state index contributed by atoms with van der Waals surface area (Å²) < 4.78 is 8.09. The second-order valence-electron chi connectivity index (χ2n) is 6.96. The number of methoxy groups -OCH3 is 1. The zero-order chi connectivity index (χ0) is 19.5. The maximum absolute atomic E-state index is 13.0. The minimum absolute atomic E-state index is 0.165. The third kappa shape index (κ3) is 3.88. The molecule has 1 aliphatic rings. The zero-order valence-corrected chi connectivity index (χ0v) is 17.3. The molecule has 1 aromatic heterocycles. The van der Waals surface area contributed by atoms with Crippen molar-refractivity contribution in [3.63, 3.8) is 0 Å². The summed E-state index contributed by atoms with van der Waals surface area (Å²) in [6.45, 7) is 0.511. The molecule has 1 aliphatic carbocycles. The molecule has 1 amide bonds. The average Bonchev–Trinajstić information content (AvgIpc) is 3.08. The van der Waals surface area contributed by atoms with Gasteiger partial charge in [-0.05, 0) is 61.6 Å². The summed E-state index contributed by atoms with van der Waals surface area (Å²) in [4.78, 5) is 13.0. The normalized spacial score (nSPS) is 13.2. The molecule has 0 saturated carbocycles. The molecule has 144 valence electrons. The van der Waals surface area contributed by atoms with E-state index in [0.29, 0.717) is 12.3 Å². The molecule has 6 heteroatoms. The standard InChI is InChI=1S/C22H22BrN3O2/c1-28-14-15-6-4-8-17(12-15)24-22(27)21-19-10-2-3-11-20(19)26(25-21)18-9-5-7-16(23)13-18/h4-9,12-13H,2-3,10-11,14H2,1H3,(H,24,27). The van der Waals surface area contributed by atoms with Crippen molar-refractivity contribution in [2.75, 3.05) is 12.4 Å². The first-order valence-electron chi connectivity index (χ1n) is 9.41. The molecule has 0 saturated heterocycles. The first-order valence-corrected chi connectivity index (χ1v) is 10.2. The number of anilines is 1. The largest absolute Gasteiger partial charge is 0.380 e. The van der Waals surface area contributed by atoms with Crippen molar-refractivity contribution in [2.45, 2.75) is 32.3 Å². The van der Waals surface area contributed by atoms with Gasteiger partial charge >= 0.3 is 0 Å². The topological polar surface area (TPSA) is 56.1 Å². The third-order valence-corrected chi connectivity index (χ3v) is 5.44. The Morgan fingerprint density at radius 1 is 1.18 bits per heavy atom.